The van der Waals surface area contributed by atoms with E-state index in [2.05, 4.69) is 5.32 Å². The monoisotopic (exact) mass is 1780 g/mol. The number of ether oxygens (including phenoxy) is 25. The van der Waals surface area contributed by atoms with Crippen molar-refractivity contribution in [1.82, 2.24) is 15.1 Å². The van der Waals surface area contributed by atoms with E-state index in [4.69, 9.17) is 118 Å². The van der Waals surface area contributed by atoms with Crippen LogP contribution in [-0.4, -0.2) is 331 Å². The van der Waals surface area contributed by atoms with E-state index in [1.54, 1.807) is 30.3 Å². The highest BCUT2D eigenvalue weighted by atomic mass is 16.8. The molecule has 4 heterocycles. The molecule has 3 amide bonds. The third-order valence-electron chi connectivity index (χ3n) is 17.5. The van der Waals surface area contributed by atoms with Gasteiger partial charge in [0, 0.05) is 143 Å². The lowest BCUT2D eigenvalue weighted by Crippen LogP contribution is -2.63. The number of alkyl carbamates (subject to hydrolysis) is 1. The van der Waals surface area contributed by atoms with E-state index in [1.807, 2.05) is 0 Å². The van der Waals surface area contributed by atoms with Crippen molar-refractivity contribution in [3.8, 4) is 0 Å². The highest BCUT2D eigenvalue weighted by molar-refractivity contribution is 5.87. The molecule has 4 fully saturated rings. The molecule has 47 heteroatoms. The molecule has 0 radical (unpaired) electrons. The van der Waals surface area contributed by atoms with Gasteiger partial charge in [-0.2, -0.15) is 0 Å². The largest absolute Gasteiger partial charge is 0.463 e. The van der Waals surface area contributed by atoms with Crippen LogP contribution in [0, 0.1) is 0 Å². The molecular formula is C77H105N3O44. The number of nitrogens with zero attached hydrogens (tertiary/aromatic N) is 2. The van der Waals surface area contributed by atoms with Gasteiger partial charge >= 0.3 is 102 Å². The number of carbonyl (C=O) groups excluding carboxylic acids is 19. The minimum atomic E-state index is -1.95. The summed E-state index contributed by atoms with van der Waals surface area (Å²) in [7, 11) is 0. The van der Waals surface area contributed by atoms with Gasteiger partial charge in [0.05, 0.1) is 26.4 Å². The fraction of sp³-hybridized carbons (Fsp3) is 0.675. The Kier molecular flexibility index (Phi) is 42.5. The van der Waals surface area contributed by atoms with Crippen molar-refractivity contribution in [1.29, 1.82) is 0 Å². The fourth-order valence-electron chi connectivity index (χ4n) is 12.9. The lowest BCUT2D eigenvalue weighted by molar-refractivity contribution is -0.309. The van der Waals surface area contributed by atoms with Crippen molar-refractivity contribution >= 4 is 113 Å². The van der Waals surface area contributed by atoms with Crippen LogP contribution in [0.4, 0.5) is 4.79 Å². The lowest BCUT2D eigenvalue weighted by atomic mass is 9.98. The van der Waals surface area contributed by atoms with Crippen LogP contribution in [0.2, 0.25) is 0 Å². The number of hydrogen-bond donors (Lipinski definition) is 1. The zero-order valence-corrected chi connectivity index (χ0v) is 71.0. The van der Waals surface area contributed by atoms with Gasteiger partial charge in [-0.25, -0.2) is 4.79 Å². The topological polar surface area (TPSA) is 574 Å². The van der Waals surface area contributed by atoms with E-state index in [1.165, 1.54) is 0 Å². The Morgan fingerprint density at radius 1 is 0.298 bits per heavy atom. The number of benzene rings is 1. The number of esters is 16. The van der Waals surface area contributed by atoms with E-state index in [0.29, 0.717) is 5.56 Å². The van der Waals surface area contributed by atoms with Crippen LogP contribution in [-0.2, 0) is 211 Å². The Labute approximate surface area is 709 Å². The van der Waals surface area contributed by atoms with Gasteiger partial charge in [0.2, 0.25) is 11.8 Å². The smallest absolute Gasteiger partial charge is 0.408 e. The van der Waals surface area contributed by atoms with E-state index < -0.39 is 341 Å². The molecule has 692 valence electrons. The summed E-state index contributed by atoms with van der Waals surface area (Å²) in [4.78, 5) is 250. The molecule has 0 bridgehead atoms. The highest BCUT2D eigenvalue weighted by Crippen LogP contribution is 2.35. The molecule has 47 nitrogen and oxygen atoms in total. The Morgan fingerprint density at radius 2 is 0.532 bits per heavy atom. The second-order valence-electron chi connectivity index (χ2n) is 27.8. The number of hydrogen-bond acceptors (Lipinski definition) is 44. The number of carbonyl (C=O) groups is 19. The first-order valence-corrected chi connectivity index (χ1v) is 38.6. The molecular weight excluding hydrogens is 1670 g/mol. The molecule has 0 unspecified atom stereocenters. The second kappa shape index (κ2) is 51.0. The Balaban J connectivity index is 1.70. The molecule has 4 saturated heterocycles. The molecule has 0 aromatic heterocycles. The van der Waals surface area contributed by atoms with Crippen LogP contribution >= 0.6 is 0 Å². The van der Waals surface area contributed by atoms with E-state index in [9.17, 15) is 81.5 Å². The molecule has 5 rings (SSSR count). The van der Waals surface area contributed by atoms with Crippen LogP contribution in [0.1, 0.15) is 129 Å². The standard InChI is InChI=1S/C77H105N3O44/c1-37(81)104-33-55-60(109-41(5)85)64(113-45(9)89)68(117-49(13)93)73(121-55)100-28-24-79(25-29-101-74-69(118-50(14)94)65(114-46(10)90)61(110-42(6)86)56(122-74)34-105-38(2)82)59(97)23-22-54(78-77(99)108-32-53-20-18-17-19-21-53)72(98)80(26-30-102-75-70(119-51(15)95)66(115-47(11)91)62(111-43(7)87)57(123-75)35-106-39(3)83)27-31-103-76-71(120-52(16)96)67(116-48(12)92)63(112-44(8)88)58(124-76)36-107-40(4)84/h17-21,54-58,60-71,73-76H,22-36H2,1-16H3,(H,78,99)/t54-,55+,56+,57+,58+,60+,61+,62+,63+,64-,65-,66-,67-,68-,69-,70-,71-,73-,74-,75-,76-/m0/s1. The lowest BCUT2D eigenvalue weighted by Gasteiger charge is -2.44. The van der Waals surface area contributed by atoms with Gasteiger partial charge in [-0.05, 0) is 12.0 Å². The van der Waals surface area contributed by atoms with Crippen molar-refractivity contribution in [2.24, 2.45) is 0 Å². The summed E-state index contributed by atoms with van der Waals surface area (Å²) < 4.78 is 142. The van der Waals surface area contributed by atoms with Crippen LogP contribution in [0.5, 0.6) is 0 Å². The Bertz CT molecular complexity index is 3680. The summed E-state index contributed by atoms with van der Waals surface area (Å²) in [5.74, 6) is -17.7. The van der Waals surface area contributed by atoms with Gasteiger partial charge in [-0.1, -0.05) is 30.3 Å². The Hall–Kier alpha value is -11.4. The Morgan fingerprint density at radius 3 is 0.774 bits per heavy atom. The highest BCUT2D eigenvalue weighted by Gasteiger charge is 2.57. The van der Waals surface area contributed by atoms with Crippen molar-refractivity contribution in [2.45, 2.75) is 259 Å². The van der Waals surface area contributed by atoms with E-state index in [-0.39, 0.29) is 0 Å². The molecule has 4 aliphatic rings. The van der Waals surface area contributed by atoms with Gasteiger partial charge in [-0.3, -0.25) is 86.3 Å². The normalized spacial score (nSPS) is 25.8. The molecule has 124 heavy (non-hydrogen) atoms. The quantitative estimate of drug-likeness (QED) is 0.0612. The number of rotatable bonds is 43. The number of amides is 3. The summed E-state index contributed by atoms with van der Waals surface area (Å²) in [6.45, 7) is 6.79. The maximum atomic E-state index is 15.9. The molecule has 0 aliphatic carbocycles. The third-order valence-corrected chi connectivity index (χ3v) is 17.5. The number of nitrogens with one attached hydrogen (secondary N) is 1. The van der Waals surface area contributed by atoms with Crippen LogP contribution in [0.15, 0.2) is 30.3 Å². The average Bonchev–Trinajstić information content (AvgIpc) is 0.800. The first-order valence-electron chi connectivity index (χ1n) is 38.6. The minimum Gasteiger partial charge on any atom is -0.463 e. The molecule has 1 aromatic carbocycles. The van der Waals surface area contributed by atoms with Gasteiger partial charge in [-0.15, -0.1) is 0 Å². The summed E-state index contributed by atoms with van der Waals surface area (Å²) >= 11 is 0. The third kappa shape index (κ3) is 35.1. The first-order chi connectivity index (χ1) is 58.4. The summed E-state index contributed by atoms with van der Waals surface area (Å²) in [5, 5.41) is 2.47. The van der Waals surface area contributed by atoms with Crippen molar-refractivity contribution in [3.63, 3.8) is 0 Å². The zero-order valence-electron chi connectivity index (χ0n) is 71.0. The van der Waals surface area contributed by atoms with E-state index >= 15 is 9.59 Å². The molecule has 4 aliphatic heterocycles. The maximum absolute atomic E-state index is 15.9. The predicted molar refractivity (Wildman–Crippen MR) is 398 cm³/mol. The predicted octanol–water partition coefficient (Wildman–Crippen LogP) is -0.882. The fourth-order valence-corrected chi connectivity index (χ4v) is 12.9. The van der Waals surface area contributed by atoms with Crippen LogP contribution < -0.4 is 5.32 Å². The van der Waals surface area contributed by atoms with Crippen molar-refractivity contribution in [2.75, 3.05) is 79.0 Å². The molecule has 0 spiro atoms. The minimum absolute atomic E-state index is 0.434. The summed E-state index contributed by atoms with van der Waals surface area (Å²) in [6.07, 6.45) is -37.7. The summed E-state index contributed by atoms with van der Waals surface area (Å²) in [5.41, 5.74) is 0.434. The molecule has 1 N–H and O–H groups in total. The summed E-state index contributed by atoms with van der Waals surface area (Å²) in [6, 6.07) is 6.12. The van der Waals surface area contributed by atoms with E-state index in [0.717, 1.165) is 121 Å². The van der Waals surface area contributed by atoms with Gasteiger partial charge in [0.25, 0.3) is 0 Å². The van der Waals surface area contributed by atoms with Crippen molar-refractivity contribution in [3.05, 3.63) is 35.9 Å². The zero-order chi connectivity index (χ0) is 92.4. The van der Waals surface area contributed by atoms with Gasteiger partial charge < -0.3 is 134 Å². The first kappa shape index (κ1) is 103. The molecule has 21 atom stereocenters. The van der Waals surface area contributed by atoms with Crippen molar-refractivity contribution < 1.29 is 210 Å². The maximum Gasteiger partial charge on any atom is 0.408 e. The van der Waals surface area contributed by atoms with Gasteiger partial charge in [0.15, 0.2) is 98.4 Å². The SMILES string of the molecule is CC(=O)OC[C@H]1O[C@H](OCCN(CCO[C@H]2O[C@H](COC(C)=O)[C@@H](OC(C)=O)[C@H](OC(C)=O)[C@@H]2OC(C)=O)C(=O)CC[C@H](NC(=O)OCc2ccccc2)C(=O)N(CCO[C@H]2O[C@H](COC(C)=O)[C@@H](OC(C)=O)[C@H](OC(C)=O)[C@@H]2OC(C)=O)CCO[C@H]2O[C@H](COC(C)=O)[C@@H](OC(C)=O)[C@H](OC(C)=O)[C@@H]2OC(C)=O)[C@@H](OC(C)=O)[C@@H](OC(C)=O)[C@@H]1OC(C)=O. The average molecular weight is 1780 g/mol. The molecule has 0 saturated carbocycles. The van der Waals surface area contributed by atoms with Crippen LogP contribution in [0.3, 0.4) is 0 Å². The van der Waals surface area contributed by atoms with Gasteiger partial charge in [0.1, 0.15) is 63.5 Å². The second-order valence-corrected chi connectivity index (χ2v) is 27.8. The molecule has 1 aromatic rings. The van der Waals surface area contributed by atoms with Crippen LogP contribution in [0.25, 0.3) is 0 Å².